The summed E-state index contributed by atoms with van der Waals surface area (Å²) in [6.07, 6.45) is 0.938. The molecule has 1 unspecified atom stereocenters. The highest BCUT2D eigenvalue weighted by molar-refractivity contribution is 5.94. The lowest BCUT2D eigenvalue weighted by atomic mass is 10.1. The van der Waals surface area contributed by atoms with E-state index in [9.17, 15) is 4.79 Å². The molecule has 94 valence electrons. The highest BCUT2D eigenvalue weighted by atomic mass is 16.1. The van der Waals surface area contributed by atoms with Crippen molar-refractivity contribution in [1.29, 1.82) is 0 Å². The maximum absolute atomic E-state index is 11.8. The zero-order valence-electron chi connectivity index (χ0n) is 10.7. The van der Waals surface area contributed by atoms with Gasteiger partial charge in [0.05, 0.1) is 0 Å². The van der Waals surface area contributed by atoms with Gasteiger partial charge in [-0.25, -0.2) is 0 Å². The number of nitrogens with one attached hydrogen (secondary N) is 1. The Morgan fingerprint density at radius 2 is 1.94 bits per heavy atom. The summed E-state index contributed by atoms with van der Waals surface area (Å²) in [6, 6.07) is 7.12. The molecular weight excluding hydrogens is 214 g/mol. The molecule has 1 amide bonds. The van der Waals surface area contributed by atoms with Gasteiger partial charge in [0.2, 0.25) is 0 Å². The van der Waals surface area contributed by atoms with Crippen molar-refractivity contribution in [3.63, 3.8) is 0 Å². The smallest absolute Gasteiger partial charge is 0.251 e. The zero-order chi connectivity index (χ0) is 12.8. The minimum atomic E-state index is -0.0451. The first-order chi connectivity index (χ1) is 7.99. The van der Waals surface area contributed by atoms with Crippen LogP contribution in [0.15, 0.2) is 24.3 Å². The monoisotopic (exact) mass is 235 g/mol. The van der Waals surface area contributed by atoms with Crippen LogP contribution in [-0.4, -0.2) is 37.5 Å². The third-order valence-electron chi connectivity index (χ3n) is 2.56. The lowest BCUT2D eigenvalue weighted by molar-refractivity contribution is 0.0937. The molecule has 1 aromatic carbocycles. The van der Waals surface area contributed by atoms with Crippen molar-refractivity contribution < 1.29 is 4.79 Å². The Bertz CT molecular complexity index is 359. The van der Waals surface area contributed by atoms with Crippen LogP contribution in [0.2, 0.25) is 0 Å². The highest BCUT2D eigenvalue weighted by Crippen LogP contribution is 2.06. The predicted molar refractivity (Wildman–Crippen MR) is 71.0 cm³/mol. The first-order valence-electron chi connectivity index (χ1n) is 5.80. The maximum atomic E-state index is 11.8. The second-order valence-corrected chi connectivity index (χ2v) is 4.59. The number of anilines is 1. The lowest BCUT2D eigenvalue weighted by Crippen LogP contribution is -2.34. The van der Waals surface area contributed by atoms with Crippen LogP contribution in [0, 0.1) is 0 Å². The van der Waals surface area contributed by atoms with E-state index in [1.807, 2.05) is 21.0 Å². The molecule has 1 aromatic rings. The Labute approximate surface area is 103 Å². The molecule has 1 atom stereocenters. The third kappa shape index (κ3) is 4.87. The van der Waals surface area contributed by atoms with Gasteiger partial charge in [-0.05, 0) is 58.3 Å². The van der Waals surface area contributed by atoms with Crippen LogP contribution in [-0.2, 0) is 0 Å². The minimum absolute atomic E-state index is 0.0451. The molecule has 0 aliphatic carbocycles. The van der Waals surface area contributed by atoms with E-state index in [1.54, 1.807) is 24.3 Å². The molecule has 17 heavy (non-hydrogen) atoms. The molecule has 0 spiro atoms. The van der Waals surface area contributed by atoms with Crippen LogP contribution in [0.4, 0.5) is 5.69 Å². The second-order valence-electron chi connectivity index (χ2n) is 4.59. The molecule has 0 heterocycles. The van der Waals surface area contributed by atoms with E-state index in [1.165, 1.54) is 0 Å². The van der Waals surface area contributed by atoms with Gasteiger partial charge >= 0.3 is 0 Å². The van der Waals surface area contributed by atoms with Gasteiger partial charge < -0.3 is 16.0 Å². The number of hydrogen-bond acceptors (Lipinski definition) is 3. The van der Waals surface area contributed by atoms with Gasteiger partial charge in [0.25, 0.3) is 5.91 Å². The first kappa shape index (κ1) is 13.5. The Morgan fingerprint density at radius 3 is 2.47 bits per heavy atom. The summed E-state index contributed by atoms with van der Waals surface area (Å²) in [5.74, 6) is -0.0451. The number of amides is 1. The summed E-state index contributed by atoms with van der Waals surface area (Å²) in [4.78, 5) is 13.9. The van der Waals surface area contributed by atoms with Crippen LogP contribution in [0.25, 0.3) is 0 Å². The number of carbonyl (C=O) groups is 1. The molecule has 0 saturated carbocycles. The molecule has 0 aromatic heterocycles. The number of nitrogen functional groups attached to an aromatic ring is 1. The fourth-order valence-corrected chi connectivity index (χ4v) is 1.47. The van der Waals surface area contributed by atoms with E-state index in [4.69, 9.17) is 5.73 Å². The number of nitrogens with two attached hydrogens (primary N) is 1. The first-order valence-corrected chi connectivity index (χ1v) is 5.80. The van der Waals surface area contributed by atoms with Gasteiger partial charge in [-0.1, -0.05) is 0 Å². The SMILES string of the molecule is CC(CCN(C)C)NC(=O)c1ccc(N)cc1. The fourth-order valence-electron chi connectivity index (χ4n) is 1.47. The number of nitrogens with zero attached hydrogens (tertiary/aromatic N) is 1. The van der Waals surface area contributed by atoms with Crippen molar-refractivity contribution in [3.05, 3.63) is 29.8 Å². The number of benzene rings is 1. The van der Waals surface area contributed by atoms with Gasteiger partial charge in [0.15, 0.2) is 0 Å². The van der Waals surface area contributed by atoms with Crippen LogP contribution in [0.1, 0.15) is 23.7 Å². The quantitative estimate of drug-likeness (QED) is 0.757. The van der Waals surface area contributed by atoms with E-state index < -0.39 is 0 Å². The van der Waals surface area contributed by atoms with Gasteiger partial charge in [0.1, 0.15) is 0 Å². The summed E-state index contributed by atoms with van der Waals surface area (Å²) >= 11 is 0. The minimum Gasteiger partial charge on any atom is -0.399 e. The number of rotatable bonds is 5. The summed E-state index contributed by atoms with van der Waals surface area (Å²) in [5, 5.41) is 2.96. The molecule has 0 saturated heterocycles. The van der Waals surface area contributed by atoms with Crippen LogP contribution in [0.3, 0.4) is 0 Å². The van der Waals surface area contributed by atoms with E-state index >= 15 is 0 Å². The zero-order valence-corrected chi connectivity index (χ0v) is 10.7. The molecule has 1 rings (SSSR count). The van der Waals surface area contributed by atoms with Crippen molar-refractivity contribution in [3.8, 4) is 0 Å². The number of carbonyl (C=O) groups excluding carboxylic acids is 1. The fraction of sp³-hybridized carbons (Fsp3) is 0.462. The van der Waals surface area contributed by atoms with Gasteiger partial charge in [0, 0.05) is 17.3 Å². The molecule has 0 aliphatic heterocycles. The van der Waals surface area contributed by atoms with E-state index in [2.05, 4.69) is 10.2 Å². The van der Waals surface area contributed by atoms with Crippen molar-refractivity contribution >= 4 is 11.6 Å². The molecule has 0 aliphatic rings. The molecular formula is C13H21N3O. The Kier molecular flexibility index (Phi) is 4.97. The van der Waals surface area contributed by atoms with Crippen molar-refractivity contribution in [2.75, 3.05) is 26.4 Å². The van der Waals surface area contributed by atoms with E-state index in [0.717, 1.165) is 13.0 Å². The van der Waals surface area contributed by atoms with Crippen LogP contribution >= 0.6 is 0 Å². The summed E-state index contributed by atoms with van der Waals surface area (Å²) in [7, 11) is 4.04. The van der Waals surface area contributed by atoms with Gasteiger partial charge in [-0.3, -0.25) is 4.79 Å². The average molecular weight is 235 g/mol. The maximum Gasteiger partial charge on any atom is 0.251 e. The standard InChI is InChI=1S/C13H21N3O/c1-10(8-9-16(2)3)15-13(17)11-4-6-12(14)7-5-11/h4-7,10H,8-9,14H2,1-3H3,(H,15,17). The number of hydrogen-bond donors (Lipinski definition) is 2. The van der Waals surface area contributed by atoms with Crippen molar-refractivity contribution in [1.82, 2.24) is 10.2 Å². The molecule has 4 heteroatoms. The third-order valence-corrected chi connectivity index (χ3v) is 2.56. The molecule has 4 nitrogen and oxygen atoms in total. The molecule has 0 fully saturated rings. The average Bonchev–Trinajstić information content (AvgIpc) is 2.27. The predicted octanol–water partition coefficient (Wildman–Crippen LogP) is 1.34. The van der Waals surface area contributed by atoms with Crippen molar-refractivity contribution in [2.45, 2.75) is 19.4 Å². The normalized spacial score (nSPS) is 12.5. The summed E-state index contributed by atoms with van der Waals surface area (Å²) in [6.45, 7) is 2.97. The Morgan fingerprint density at radius 1 is 1.35 bits per heavy atom. The van der Waals surface area contributed by atoms with E-state index in [-0.39, 0.29) is 11.9 Å². The van der Waals surface area contributed by atoms with Crippen LogP contribution < -0.4 is 11.1 Å². The van der Waals surface area contributed by atoms with Gasteiger partial charge in [-0.15, -0.1) is 0 Å². The Hall–Kier alpha value is -1.55. The van der Waals surface area contributed by atoms with Crippen molar-refractivity contribution in [2.24, 2.45) is 0 Å². The van der Waals surface area contributed by atoms with Gasteiger partial charge in [-0.2, -0.15) is 0 Å². The highest BCUT2D eigenvalue weighted by Gasteiger charge is 2.09. The topological polar surface area (TPSA) is 58.4 Å². The van der Waals surface area contributed by atoms with Crippen LogP contribution in [0.5, 0.6) is 0 Å². The largest absolute Gasteiger partial charge is 0.399 e. The Balaban J connectivity index is 2.46. The molecule has 0 radical (unpaired) electrons. The second kappa shape index (κ2) is 6.25. The molecule has 0 bridgehead atoms. The summed E-state index contributed by atoms with van der Waals surface area (Å²) < 4.78 is 0. The summed E-state index contributed by atoms with van der Waals surface area (Å²) in [5.41, 5.74) is 6.89. The lowest BCUT2D eigenvalue weighted by Gasteiger charge is -2.16. The van der Waals surface area contributed by atoms with E-state index in [0.29, 0.717) is 11.3 Å². The molecule has 3 N–H and O–H groups in total.